The van der Waals surface area contributed by atoms with E-state index in [-0.39, 0.29) is 25.4 Å². The van der Waals surface area contributed by atoms with Gasteiger partial charge in [-0.2, -0.15) is 0 Å². The van der Waals surface area contributed by atoms with Crippen molar-refractivity contribution in [2.45, 2.75) is 63.1 Å². The number of hydrogen-bond acceptors (Lipinski definition) is 5. The van der Waals surface area contributed by atoms with Gasteiger partial charge < -0.3 is 19.3 Å². The van der Waals surface area contributed by atoms with Crippen molar-refractivity contribution in [2.75, 3.05) is 19.8 Å². The minimum atomic E-state index is -0.523. The average Bonchev–Trinajstić information content (AvgIpc) is 3.13. The summed E-state index contributed by atoms with van der Waals surface area (Å²) < 4.78 is 17.9. The van der Waals surface area contributed by atoms with Gasteiger partial charge in [-0.25, -0.2) is 4.79 Å². The maximum Gasteiger partial charge on any atom is 0.410 e. The highest BCUT2D eigenvalue weighted by Crippen LogP contribution is 2.39. The van der Waals surface area contributed by atoms with Crippen LogP contribution in [0.25, 0.3) is 0 Å². The number of rotatable bonds is 8. The van der Waals surface area contributed by atoms with Crippen LogP contribution in [0.5, 0.6) is 0 Å². The molecule has 1 amide bonds. The third kappa shape index (κ3) is 5.13. The molecule has 3 rings (SSSR count). The quantitative estimate of drug-likeness (QED) is 0.688. The Morgan fingerprint density at radius 1 is 1.32 bits per heavy atom. The molecule has 1 aliphatic carbocycles. The number of hydrogen-bond donors (Lipinski definition) is 1. The molecule has 0 bridgehead atoms. The summed E-state index contributed by atoms with van der Waals surface area (Å²) in [5, 5.41) is 9.60. The van der Waals surface area contributed by atoms with Gasteiger partial charge in [-0.3, -0.25) is 4.90 Å². The first-order valence-corrected chi connectivity index (χ1v) is 10.2. The number of carbonyl (C=O) groups excluding carboxylic acids is 1. The van der Waals surface area contributed by atoms with E-state index in [1.165, 1.54) is 6.42 Å². The molecule has 1 aromatic rings. The van der Waals surface area contributed by atoms with Crippen molar-refractivity contribution < 1.29 is 24.1 Å². The molecule has 0 radical (unpaired) electrons. The molecule has 6 nitrogen and oxygen atoms in total. The van der Waals surface area contributed by atoms with Crippen LogP contribution in [0.3, 0.4) is 0 Å². The van der Waals surface area contributed by atoms with Gasteiger partial charge in [0.1, 0.15) is 12.7 Å². The number of carbonyl (C=O) groups is 1. The maximum atomic E-state index is 12.8. The Morgan fingerprint density at radius 3 is 2.75 bits per heavy atom. The van der Waals surface area contributed by atoms with Crippen LogP contribution in [0.2, 0.25) is 0 Å². The van der Waals surface area contributed by atoms with E-state index >= 15 is 0 Å². The van der Waals surface area contributed by atoms with E-state index in [9.17, 15) is 9.90 Å². The van der Waals surface area contributed by atoms with E-state index in [4.69, 9.17) is 14.2 Å². The van der Waals surface area contributed by atoms with E-state index in [0.29, 0.717) is 19.6 Å². The van der Waals surface area contributed by atoms with E-state index in [1.54, 1.807) is 11.0 Å². The number of nitrogens with zero attached hydrogens (tertiary/aromatic N) is 1. The predicted octanol–water partition coefficient (Wildman–Crippen LogP) is 3.64. The second kappa shape index (κ2) is 10.0. The monoisotopic (exact) mass is 389 g/mol. The number of ether oxygens (including phenoxy) is 3. The highest BCUT2D eigenvalue weighted by molar-refractivity contribution is 5.68. The fourth-order valence-electron chi connectivity index (χ4n) is 4.08. The zero-order valence-electron chi connectivity index (χ0n) is 16.4. The largest absolute Gasteiger partial charge is 0.445 e. The van der Waals surface area contributed by atoms with Gasteiger partial charge in [-0.15, -0.1) is 6.58 Å². The molecule has 1 aliphatic heterocycles. The lowest BCUT2D eigenvalue weighted by Gasteiger charge is -2.36. The molecule has 0 unspecified atom stereocenters. The number of aliphatic hydroxyl groups is 1. The van der Waals surface area contributed by atoms with E-state index in [0.717, 1.165) is 31.2 Å². The number of amides is 1. The zero-order valence-corrected chi connectivity index (χ0v) is 16.4. The van der Waals surface area contributed by atoms with E-state index < -0.39 is 11.9 Å². The topological polar surface area (TPSA) is 68.2 Å². The third-order valence-corrected chi connectivity index (χ3v) is 5.51. The van der Waals surface area contributed by atoms with Crippen molar-refractivity contribution in [2.24, 2.45) is 0 Å². The molecule has 2 atom stereocenters. The van der Waals surface area contributed by atoms with Crippen LogP contribution >= 0.6 is 0 Å². The van der Waals surface area contributed by atoms with Gasteiger partial charge in [-0.05, 0) is 24.8 Å². The van der Waals surface area contributed by atoms with Gasteiger partial charge in [0.05, 0.1) is 12.6 Å². The summed E-state index contributed by atoms with van der Waals surface area (Å²) in [6.45, 7) is 4.67. The lowest BCUT2D eigenvalue weighted by atomic mass is 9.94. The molecule has 1 saturated heterocycles. The lowest BCUT2D eigenvalue weighted by molar-refractivity contribution is -0.192. The molecule has 2 fully saturated rings. The summed E-state index contributed by atoms with van der Waals surface area (Å²) in [6.07, 6.45) is 6.50. The summed E-state index contributed by atoms with van der Waals surface area (Å²) in [7, 11) is 0. The minimum Gasteiger partial charge on any atom is -0.445 e. The Labute approximate surface area is 167 Å². The van der Waals surface area contributed by atoms with Crippen LogP contribution in [0.15, 0.2) is 43.0 Å². The smallest absolute Gasteiger partial charge is 0.410 e. The second-order valence-electron chi connectivity index (χ2n) is 7.50. The number of benzene rings is 1. The first kappa shape index (κ1) is 20.8. The van der Waals surface area contributed by atoms with Gasteiger partial charge >= 0.3 is 6.09 Å². The molecule has 6 heteroatoms. The molecule has 1 aromatic carbocycles. The fraction of sp³-hybridized carbons (Fsp3) is 0.591. The minimum absolute atomic E-state index is 0.0445. The highest BCUT2D eigenvalue weighted by Gasteiger charge is 2.46. The summed E-state index contributed by atoms with van der Waals surface area (Å²) in [4.78, 5) is 14.4. The summed E-state index contributed by atoms with van der Waals surface area (Å²) in [6, 6.07) is 9.24. The highest BCUT2D eigenvalue weighted by atomic mass is 16.7. The molecule has 1 saturated carbocycles. The summed E-state index contributed by atoms with van der Waals surface area (Å²) in [5.74, 6) is -0.523. The molecule has 1 heterocycles. The van der Waals surface area contributed by atoms with Gasteiger partial charge in [-0.1, -0.05) is 42.8 Å². The van der Waals surface area contributed by atoms with Crippen LogP contribution in [0.4, 0.5) is 4.79 Å². The molecule has 1 N–H and O–H groups in total. The van der Waals surface area contributed by atoms with E-state index in [2.05, 4.69) is 6.58 Å². The van der Waals surface area contributed by atoms with Crippen LogP contribution in [0, 0.1) is 0 Å². The van der Waals surface area contributed by atoms with Crippen LogP contribution in [-0.2, 0) is 20.8 Å². The lowest BCUT2D eigenvalue weighted by Crippen LogP contribution is -2.49. The second-order valence-corrected chi connectivity index (χ2v) is 7.50. The maximum absolute atomic E-state index is 12.8. The van der Waals surface area contributed by atoms with Crippen molar-refractivity contribution in [3.8, 4) is 0 Å². The van der Waals surface area contributed by atoms with Crippen LogP contribution in [0.1, 0.15) is 44.1 Å². The summed E-state index contributed by atoms with van der Waals surface area (Å²) >= 11 is 0. The van der Waals surface area contributed by atoms with Crippen LogP contribution in [-0.4, -0.2) is 53.8 Å². The van der Waals surface area contributed by atoms with Crippen molar-refractivity contribution >= 4 is 6.09 Å². The average molecular weight is 389 g/mol. The Morgan fingerprint density at radius 2 is 2.07 bits per heavy atom. The van der Waals surface area contributed by atoms with Gasteiger partial charge in [0.15, 0.2) is 5.79 Å². The standard InChI is InChI=1S/C22H31NO5/c1-2-14-23(21(25)26-16-18-9-5-3-6-10-18)19(11-15-24)20-17-27-22(28-20)12-7-4-8-13-22/h2-3,5-6,9-10,19-20,24H,1,4,7-8,11-17H2/t19-,20+/m0/s1. The fourth-order valence-corrected chi connectivity index (χ4v) is 4.08. The summed E-state index contributed by atoms with van der Waals surface area (Å²) in [5.41, 5.74) is 0.926. The Balaban J connectivity index is 1.67. The first-order chi connectivity index (χ1) is 13.7. The van der Waals surface area contributed by atoms with Crippen LogP contribution < -0.4 is 0 Å². The van der Waals surface area contributed by atoms with Gasteiger partial charge in [0.25, 0.3) is 0 Å². The molecular weight excluding hydrogens is 358 g/mol. The van der Waals surface area contributed by atoms with Gasteiger partial charge in [0, 0.05) is 26.0 Å². The zero-order chi connectivity index (χ0) is 19.8. The van der Waals surface area contributed by atoms with Crippen molar-refractivity contribution in [1.82, 2.24) is 4.90 Å². The van der Waals surface area contributed by atoms with Crippen molar-refractivity contribution in [3.63, 3.8) is 0 Å². The SMILES string of the molecule is C=CCN(C(=O)OCc1ccccc1)[C@@H](CCO)[C@H]1COC2(CCCCC2)O1. The molecule has 2 aliphatic rings. The Hall–Kier alpha value is -1.89. The van der Waals surface area contributed by atoms with Crippen molar-refractivity contribution in [3.05, 3.63) is 48.6 Å². The molecule has 154 valence electrons. The third-order valence-electron chi connectivity index (χ3n) is 5.51. The molecule has 1 spiro atoms. The normalized spacial score (nSPS) is 22.0. The Kier molecular flexibility index (Phi) is 7.48. The predicted molar refractivity (Wildman–Crippen MR) is 106 cm³/mol. The Bertz CT molecular complexity index is 629. The molecular formula is C22H31NO5. The van der Waals surface area contributed by atoms with E-state index in [1.807, 2.05) is 30.3 Å². The number of aliphatic hydroxyl groups excluding tert-OH is 1. The van der Waals surface area contributed by atoms with Gasteiger partial charge in [0.2, 0.25) is 0 Å². The molecule has 28 heavy (non-hydrogen) atoms. The first-order valence-electron chi connectivity index (χ1n) is 10.2. The molecule has 0 aromatic heterocycles. The van der Waals surface area contributed by atoms with Crippen molar-refractivity contribution in [1.29, 1.82) is 0 Å².